The molecular formula is C27H26N4O5. The van der Waals surface area contributed by atoms with Gasteiger partial charge in [-0.25, -0.2) is 9.78 Å². The van der Waals surface area contributed by atoms with E-state index in [4.69, 9.17) is 15.5 Å². The molecule has 2 atom stereocenters. The van der Waals surface area contributed by atoms with Gasteiger partial charge in [0.15, 0.2) is 6.10 Å². The van der Waals surface area contributed by atoms with E-state index < -0.39 is 18.1 Å². The van der Waals surface area contributed by atoms with Crippen LogP contribution in [0.4, 0.5) is 5.69 Å². The van der Waals surface area contributed by atoms with Gasteiger partial charge in [0.2, 0.25) is 5.91 Å². The highest BCUT2D eigenvalue weighted by molar-refractivity contribution is 6.08. The smallest absolute Gasteiger partial charge is 0.340 e. The first-order valence-corrected chi connectivity index (χ1v) is 11.9. The average molecular weight is 487 g/mol. The first kappa shape index (κ1) is 23.7. The van der Waals surface area contributed by atoms with E-state index in [0.717, 1.165) is 27.2 Å². The van der Waals surface area contributed by atoms with E-state index in [9.17, 15) is 19.5 Å². The van der Waals surface area contributed by atoms with Gasteiger partial charge in [-0.2, -0.15) is 0 Å². The van der Waals surface area contributed by atoms with Crippen LogP contribution in [0.5, 0.6) is 0 Å². The number of anilines is 1. The number of benzene rings is 2. The molecule has 1 amide bonds. The summed E-state index contributed by atoms with van der Waals surface area (Å²) in [6.07, 6.45) is -1.48. The summed E-state index contributed by atoms with van der Waals surface area (Å²) in [6.45, 7) is 5.81. The highest BCUT2D eigenvalue weighted by Gasteiger charge is 2.33. The second kappa shape index (κ2) is 8.85. The minimum Gasteiger partial charge on any atom is -0.458 e. The molecule has 4 N–H and O–H groups in total. The lowest BCUT2D eigenvalue weighted by atomic mass is 9.99. The Morgan fingerprint density at radius 1 is 1.17 bits per heavy atom. The van der Waals surface area contributed by atoms with Crippen LogP contribution in [0.3, 0.4) is 0 Å². The molecule has 184 valence electrons. The standard InChI is InChI=1S/C25H20N4O5.C2H6/c1-11(26)23(31)27-14-3-4-15-12(6-14)2-5-19-16(15)7-13-9-29-20(21(13)28-19)8-17-18(24(29)32)10-34-25(33)22(17)30;1-2/h2-8,11,22,30H,9-10,26H2,1H3,(H,27,31);1-2H3. The van der Waals surface area contributed by atoms with E-state index in [2.05, 4.69) is 5.32 Å². The maximum absolute atomic E-state index is 13.1. The van der Waals surface area contributed by atoms with Crippen molar-refractivity contribution in [3.63, 3.8) is 0 Å². The molecule has 4 aromatic rings. The molecule has 9 nitrogen and oxygen atoms in total. The first-order valence-electron chi connectivity index (χ1n) is 11.9. The summed E-state index contributed by atoms with van der Waals surface area (Å²) in [5, 5.41) is 15.9. The number of fused-ring (bicyclic) bond motifs is 7. The number of aliphatic hydroxyl groups excluding tert-OH is 1. The maximum atomic E-state index is 13.1. The van der Waals surface area contributed by atoms with Crippen molar-refractivity contribution in [1.29, 1.82) is 0 Å². The van der Waals surface area contributed by atoms with Crippen molar-refractivity contribution in [2.24, 2.45) is 5.73 Å². The van der Waals surface area contributed by atoms with Gasteiger partial charge in [-0.15, -0.1) is 0 Å². The second-order valence-electron chi connectivity index (χ2n) is 8.71. The second-order valence-corrected chi connectivity index (χ2v) is 8.71. The van der Waals surface area contributed by atoms with Gasteiger partial charge in [0, 0.05) is 22.2 Å². The maximum Gasteiger partial charge on any atom is 0.340 e. The Hall–Kier alpha value is -4.08. The van der Waals surface area contributed by atoms with Gasteiger partial charge < -0.3 is 25.5 Å². The highest BCUT2D eigenvalue weighted by atomic mass is 16.5. The molecule has 4 heterocycles. The van der Waals surface area contributed by atoms with E-state index in [0.29, 0.717) is 29.2 Å². The van der Waals surface area contributed by atoms with Crippen LogP contribution in [0.2, 0.25) is 0 Å². The number of amides is 1. The quantitative estimate of drug-likeness (QED) is 0.258. The number of nitrogens with one attached hydrogen (secondary N) is 1. The molecule has 36 heavy (non-hydrogen) atoms. The molecule has 2 aliphatic rings. The lowest BCUT2D eigenvalue weighted by Gasteiger charge is -2.21. The zero-order valence-electron chi connectivity index (χ0n) is 20.2. The van der Waals surface area contributed by atoms with Crippen LogP contribution in [0.25, 0.3) is 33.1 Å². The summed E-state index contributed by atoms with van der Waals surface area (Å²) in [6, 6.07) is 12.5. The third-order valence-electron chi connectivity index (χ3n) is 6.46. The van der Waals surface area contributed by atoms with Crippen molar-refractivity contribution >= 4 is 39.2 Å². The van der Waals surface area contributed by atoms with Crippen molar-refractivity contribution in [3.8, 4) is 11.4 Å². The molecule has 6 rings (SSSR count). The molecule has 0 saturated carbocycles. The number of aliphatic hydroxyl groups is 1. The number of pyridine rings is 2. The third-order valence-corrected chi connectivity index (χ3v) is 6.46. The number of cyclic esters (lactones) is 1. The number of carbonyl (C=O) groups is 2. The number of rotatable bonds is 2. The van der Waals surface area contributed by atoms with Crippen molar-refractivity contribution in [3.05, 3.63) is 69.5 Å². The molecule has 0 aliphatic carbocycles. The lowest BCUT2D eigenvalue weighted by molar-refractivity contribution is -0.157. The number of nitrogens with zero attached hydrogens (tertiary/aromatic N) is 2. The molecule has 0 bridgehead atoms. The minimum absolute atomic E-state index is 0.150. The van der Waals surface area contributed by atoms with Gasteiger partial charge in [-0.05, 0) is 48.0 Å². The Bertz CT molecular complexity index is 1620. The molecular weight excluding hydrogens is 460 g/mol. The lowest BCUT2D eigenvalue weighted by Crippen LogP contribution is -2.32. The SMILES string of the molecule is CC.CC(N)C(=O)Nc1ccc2c(ccc3nc4c(cc32)Cn2c-4cc3c(c2=O)COC(=O)C3O)c1. The van der Waals surface area contributed by atoms with E-state index >= 15 is 0 Å². The normalized spacial score (nSPS) is 16.4. The van der Waals surface area contributed by atoms with E-state index in [1.165, 1.54) is 0 Å². The fourth-order valence-electron chi connectivity index (χ4n) is 4.67. The van der Waals surface area contributed by atoms with Gasteiger partial charge in [0.25, 0.3) is 5.56 Å². The molecule has 0 fully saturated rings. The Morgan fingerprint density at radius 3 is 2.69 bits per heavy atom. The molecule has 9 heteroatoms. The number of hydrogen-bond acceptors (Lipinski definition) is 7. The molecule has 0 radical (unpaired) electrons. The molecule has 0 spiro atoms. The Morgan fingerprint density at radius 2 is 1.94 bits per heavy atom. The van der Waals surface area contributed by atoms with Crippen LogP contribution in [0, 0.1) is 0 Å². The molecule has 2 aromatic heterocycles. The molecule has 2 unspecified atom stereocenters. The summed E-state index contributed by atoms with van der Waals surface area (Å²) < 4.78 is 6.54. The molecule has 2 aromatic carbocycles. The van der Waals surface area contributed by atoms with Crippen molar-refractivity contribution in [2.75, 3.05) is 5.32 Å². The van der Waals surface area contributed by atoms with E-state index in [-0.39, 0.29) is 23.6 Å². The Kier molecular flexibility index (Phi) is 5.82. The fourth-order valence-corrected chi connectivity index (χ4v) is 4.67. The Balaban J connectivity index is 0.00000130. The highest BCUT2D eigenvalue weighted by Crippen LogP contribution is 2.37. The van der Waals surface area contributed by atoms with Gasteiger partial charge in [0.1, 0.15) is 6.61 Å². The summed E-state index contributed by atoms with van der Waals surface area (Å²) >= 11 is 0. The Labute approximate surface area is 206 Å². The monoisotopic (exact) mass is 486 g/mol. The van der Waals surface area contributed by atoms with E-state index in [1.54, 1.807) is 17.6 Å². The van der Waals surface area contributed by atoms with Crippen molar-refractivity contribution in [1.82, 2.24) is 9.55 Å². The number of aromatic nitrogens is 2. The number of carbonyl (C=O) groups excluding carboxylic acids is 2. The summed E-state index contributed by atoms with van der Waals surface area (Å²) in [5.74, 6) is -1.02. The molecule has 2 aliphatic heterocycles. The topological polar surface area (TPSA) is 137 Å². The minimum atomic E-state index is -1.48. The summed E-state index contributed by atoms with van der Waals surface area (Å²) in [4.78, 5) is 41.7. The van der Waals surface area contributed by atoms with Gasteiger partial charge in [-0.1, -0.05) is 26.0 Å². The zero-order valence-corrected chi connectivity index (χ0v) is 20.2. The van der Waals surface area contributed by atoms with Gasteiger partial charge in [-0.3, -0.25) is 9.59 Å². The predicted molar refractivity (Wildman–Crippen MR) is 136 cm³/mol. The van der Waals surface area contributed by atoms with Crippen LogP contribution in [-0.2, 0) is 27.5 Å². The average Bonchev–Trinajstić information content (AvgIpc) is 3.24. The van der Waals surface area contributed by atoms with Crippen LogP contribution in [-0.4, -0.2) is 32.6 Å². The molecule has 0 saturated heterocycles. The van der Waals surface area contributed by atoms with Crippen LogP contribution >= 0.6 is 0 Å². The first-order chi connectivity index (χ1) is 17.3. The van der Waals surface area contributed by atoms with Crippen LogP contribution < -0.4 is 16.6 Å². The van der Waals surface area contributed by atoms with Crippen molar-refractivity contribution < 1.29 is 19.4 Å². The number of nitrogens with two attached hydrogens (primary N) is 1. The van der Waals surface area contributed by atoms with Gasteiger partial charge >= 0.3 is 5.97 Å². The van der Waals surface area contributed by atoms with Crippen LogP contribution in [0.15, 0.2) is 47.3 Å². The zero-order chi connectivity index (χ0) is 25.7. The number of esters is 1. The summed E-state index contributed by atoms with van der Waals surface area (Å²) in [7, 11) is 0. The third kappa shape index (κ3) is 3.64. The summed E-state index contributed by atoms with van der Waals surface area (Å²) in [5.41, 5.74) is 9.42. The van der Waals surface area contributed by atoms with E-state index in [1.807, 2.05) is 50.2 Å². The van der Waals surface area contributed by atoms with Gasteiger partial charge in [0.05, 0.1) is 35.1 Å². The van der Waals surface area contributed by atoms with Crippen molar-refractivity contribution in [2.45, 2.75) is 46.1 Å². The largest absolute Gasteiger partial charge is 0.458 e. The predicted octanol–water partition coefficient (Wildman–Crippen LogP) is 2.98. The fraction of sp³-hybridized carbons (Fsp3) is 0.259. The van der Waals surface area contributed by atoms with Crippen LogP contribution in [0.1, 0.15) is 43.6 Å². The number of ether oxygens (including phenoxy) is 1. The number of hydrogen-bond donors (Lipinski definition) is 3.